The lowest BCUT2D eigenvalue weighted by molar-refractivity contribution is 0.0890. The van der Waals surface area contributed by atoms with E-state index < -0.39 is 0 Å². The van der Waals surface area contributed by atoms with Crippen molar-refractivity contribution in [3.8, 4) is 11.5 Å². The Bertz CT molecular complexity index is 401. The van der Waals surface area contributed by atoms with E-state index in [1.54, 1.807) is 39.5 Å². The predicted molar refractivity (Wildman–Crippen MR) is 69.5 cm³/mol. The van der Waals surface area contributed by atoms with Gasteiger partial charge in [-0.15, -0.1) is 0 Å². The number of hydrogen-bond donors (Lipinski definition) is 0. The number of methoxy groups -OCH3 is 3. The molecule has 0 N–H and O–H groups in total. The van der Waals surface area contributed by atoms with Crippen molar-refractivity contribution >= 4 is 5.78 Å². The third kappa shape index (κ3) is 3.47. The zero-order valence-corrected chi connectivity index (χ0v) is 11.4. The third-order valence-corrected chi connectivity index (χ3v) is 2.87. The van der Waals surface area contributed by atoms with Crippen molar-refractivity contribution in [3.63, 3.8) is 0 Å². The summed E-state index contributed by atoms with van der Waals surface area (Å²) in [7, 11) is 4.76. The van der Waals surface area contributed by atoms with Crippen LogP contribution in [0.15, 0.2) is 18.2 Å². The SMILES string of the molecule is COCCC(C)C(=O)c1cc(OC)ccc1OC. The summed E-state index contributed by atoms with van der Waals surface area (Å²) < 4.78 is 15.3. The minimum atomic E-state index is -0.106. The van der Waals surface area contributed by atoms with Crippen LogP contribution in [-0.2, 0) is 4.74 Å². The molecule has 1 aromatic rings. The van der Waals surface area contributed by atoms with Gasteiger partial charge in [-0.1, -0.05) is 6.92 Å². The number of rotatable bonds is 7. The van der Waals surface area contributed by atoms with E-state index in [0.717, 1.165) is 0 Å². The van der Waals surface area contributed by atoms with Crippen LogP contribution in [0.5, 0.6) is 11.5 Å². The molecule has 0 heterocycles. The first kappa shape index (κ1) is 14.5. The van der Waals surface area contributed by atoms with E-state index in [2.05, 4.69) is 0 Å². The number of carbonyl (C=O) groups excluding carboxylic acids is 1. The van der Waals surface area contributed by atoms with Crippen LogP contribution in [0.4, 0.5) is 0 Å². The molecule has 0 aliphatic carbocycles. The highest BCUT2D eigenvalue weighted by molar-refractivity contribution is 6.00. The highest BCUT2D eigenvalue weighted by Gasteiger charge is 2.19. The molecule has 0 amide bonds. The number of carbonyl (C=O) groups is 1. The van der Waals surface area contributed by atoms with Gasteiger partial charge in [-0.05, 0) is 24.6 Å². The minimum Gasteiger partial charge on any atom is -0.497 e. The van der Waals surface area contributed by atoms with E-state index in [0.29, 0.717) is 30.1 Å². The maximum atomic E-state index is 12.3. The van der Waals surface area contributed by atoms with Gasteiger partial charge >= 0.3 is 0 Å². The fourth-order valence-electron chi connectivity index (χ4n) is 1.70. The average Bonchev–Trinajstić information content (AvgIpc) is 2.43. The summed E-state index contributed by atoms with van der Waals surface area (Å²) in [5, 5.41) is 0. The van der Waals surface area contributed by atoms with Crippen LogP contribution in [0.3, 0.4) is 0 Å². The van der Waals surface area contributed by atoms with Gasteiger partial charge in [0.05, 0.1) is 19.8 Å². The molecule has 100 valence electrons. The van der Waals surface area contributed by atoms with Crippen molar-refractivity contribution in [1.29, 1.82) is 0 Å². The Labute approximate surface area is 108 Å². The first-order chi connectivity index (χ1) is 8.63. The molecule has 1 unspecified atom stereocenters. The molecular formula is C14H20O4. The normalized spacial score (nSPS) is 12.0. The van der Waals surface area contributed by atoms with E-state index in [1.165, 1.54) is 0 Å². The smallest absolute Gasteiger partial charge is 0.169 e. The van der Waals surface area contributed by atoms with Crippen LogP contribution < -0.4 is 9.47 Å². The summed E-state index contributed by atoms with van der Waals surface area (Å²) in [5.41, 5.74) is 0.556. The van der Waals surface area contributed by atoms with Gasteiger partial charge in [-0.2, -0.15) is 0 Å². The number of benzene rings is 1. The topological polar surface area (TPSA) is 44.8 Å². The molecule has 0 spiro atoms. The van der Waals surface area contributed by atoms with Crippen molar-refractivity contribution in [2.45, 2.75) is 13.3 Å². The van der Waals surface area contributed by atoms with Gasteiger partial charge in [0.1, 0.15) is 11.5 Å². The molecule has 0 bridgehead atoms. The maximum Gasteiger partial charge on any atom is 0.169 e. The van der Waals surface area contributed by atoms with E-state index in [4.69, 9.17) is 14.2 Å². The largest absolute Gasteiger partial charge is 0.497 e. The molecule has 0 saturated heterocycles. The van der Waals surface area contributed by atoms with Gasteiger partial charge in [-0.3, -0.25) is 4.79 Å². The lowest BCUT2D eigenvalue weighted by atomic mass is 9.96. The van der Waals surface area contributed by atoms with E-state index in [-0.39, 0.29) is 11.7 Å². The van der Waals surface area contributed by atoms with Crippen molar-refractivity contribution in [2.75, 3.05) is 27.9 Å². The summed E-state index contributed by atoms with van der Waals surface area (Å²) in [6.45, 7) is 2.46. The quantitative estimate of drug-likeness (QED) is 0.700. The summed E-state index contributed by atoms with van der Waals surface area (Å²) in [4.78, 5) is 12.3. The molecule has 0 aromatic heterocycles. The zero-order chi connectivity index (χ0) is 13.5. The van der Waals surface area contributed by atoms with Crippen molar-refractivity contribution < 1.29 is 19.0 Å². The standard InChI is InChI=1S/C14H20O4/c1-10(7-8-16-2)14(15)12-9-11(17-3)5-6-13(12)18-4/h5-6,9-10H,7-8H2,1-4H3. The molecule has 1 rings (SSSR count). The Morgan fingerprint density at radius 2 is 1.94 bits per heavy atom. The Morgan fingerprint density at radius 3 is 2.50 bits per heavy atom. The monoisotopic (exact) mass is 252 g/mol. The Kier molecular flexibility index (Phi) is 5.65. The second-order valence-electron chi connectivity index (χ2n) is 4.11. The molecule has 1 aromatic carbocycles. The predicted octanol–water partition coefficient (Wildman–Crippen LogP) is 2.56. The first-order valence-electron chi connectivity index (χ1n) is 5.89. The van der Waals surface area contributed by atoms with Crippen LogP contribution in [-0.4, -0.2) is 33.7 Å². The van der Waals surface area contributed by atoms with Gasteiger partial charge < -0.3 is 14.2 Å². The Hall–Kier alpha value is -1.55. The second kappa shape index (κ2) is 7.01. The fourth-order valence-corrected chi connectivity index (χ4v) is 1.70. The van der Waals surface area contributed by atoms with E-state index in [1.807, 2.05) is 6.92 Å². The average molecular weight is 252 g/mol. The lowest BCUT2D eigenvalue weighted by Crippen LogP contribution is -2.14. The molecule has 18 heavy (non-hydrogen) atoms. The van der Waals surface area contributed by atoms with Gasteiger partial charge in [-0.25, -0.2) is 0 Å². The molecule has 0 radical (unpaired) electrons. The van der Waals surface area contributed by atoms with Gasteiger partial charge in [0.15, 0.2) is 5.78 Å². The van der Waals surface area contributed by atoms with Crippen LogP contribution >= 0.6 is 0 Å². The first-order valence-corrected chi connectivity index (χ1v) is 5.89. The number of ether oxygens (including phenoxy) is 3. The number of ketones is 1. The van der Waals surface area contributed by atoms with E-state index >= 15 is 0 Å². The van der Waals surface area contributed by atoms with Crippen LogP contribution in [0.1, 0.15) is 23.7 Å². The molecule has 4 heteroatoms. The van der Waals surface area contributed by atoms with Crippen LogP contribution in [0.2, 0.25) is 0 Å². The van der Waals surface area contributed by atoms with E-state index in [9.17, 15) is 4.79 Å². The highest BCUT2D eigenvalue weighted by Crippen LogP contribution is 2.27. The van der Waals surface area contributed by atoms with Crippen LogP contribution in [0.25, 0.3) is 0 Å². The lowest BCUT2D eigenvalue weighted by Gasteiger charge is -2.13. The fraction of sp³-hybridized carbons (Fsp3) is 0.500. The van der Waals surface area contributed by atoms with Crippen LogP contribution in [0, 0.1) is 5.92 Å². The molecule has 0 saturated carbocycles. The molecule has 0 aliphatic heterocycles. The second-order valence-corrected chi connectivity index (χ2v) is 4.11. The Balaban J connectivity index is 2.95. The molecule has 4 nitrogen and oxygen atoms in total. The maximum absolute atomic E-state index is 12.3. The summed E-state index contributed by atoms with van der Waals surface area (Å²) in [6, 6.07) is 5.23. The van der Waals surface area contributed by atoms with Crippen molar-refractivity contribution in [2.24, 2.45) is 5.92 Å². The molecule has 0 aliphatic rings. The van der Waals surface area contributed by atoms with Gasteiger partial charge in [0.2, 0.25) is 0 Å². The van der Waals surface area contributed by atoms with Gasteiger partial charge in [0.25, 0.3) is 0 Å². The highest BCUT2D eigenvalue weighted by atomic mass is 16.5. The molecule has 1 atom stereocenters. The summed E-state index contributed by atoms with van der Waals surface area (Å²) in [5.74, 6) is 1.16. The molecule has 0 fully saturated rings. The Morgan fingerprint density at radius 1 is 1.22 bits per heavy atom. The van der Waals surface area contributed by atoms with Crippen molar-refractivity contribution in [3.05, 3.63) is 23.8 Å². The number of hydrogen-bond acceptors (Lipinski definition) is 4. The summed E-state index contributed by atoms with van der Waals surface area (Å²) in [6.07, 6.45) is 0.690. The number of Topliss-reactive ketones (excluding diaryl/α,β-unsaturated/α-hetero) is 1. The molecular weight excluding hydrogens is 232 g/mol. The summed E-state index contributed by atoms with van der Waals surface area (Å²) >= 11 is 0. The zero-order valence-electron chi connectivity index (χ0n) is 11.4. The minimum absolute atomic E-state index is 0.0443. The third-order valence-electron chi connectivity index (χ3n) is 2.87. The van der Waals surface area contributed by atoms with Crippen molar-refractivity contribution in [1.82, 2.24) is 0 Å². The van der Waals surface area contributed by atoms with Gasteiger partial charge in [0, 0.05) is 19.6 Å².